The Hall–Kier alpha value is -1.99. The maximum absolute atomic E-state index is 11.9. The largest absolute Gasteiger partial charge is 0.467 e. The van der Waals surface area contributed by atoms with Crippen molar-refractivity contribution in [2.45, 2.75) is 12.5 Å². The molecule has 1 aromatic heterocycles. The molecule has 21 heavy (non-hydrogen) atoms. The third-order valence-corrected chi connectivity index (χ3v) is 3.63. The molecule has 0 aliphatic carbocycles. The van der Waals surface area contributed by atoms with E-state index in [0.29, 0.717) is 16.7 Å². The number of anilines is 1. The minimum Gasteiger partial charge on any atom is -0.467 e. The van der Waals surface area contributed by atoms with Crippen molar-refractivity contribution in [1.82, 2.24) is 10.3 Å². The topological polar surface area (TPSA) is 63.2 Å². The number of hydrogen-bond donors (Lipinski definition) is 2. The molecule has 0 radical (unpaired) electrons. The second-order valence-electron chi connectivity index (χ2n) is 4.20. The number of methoxy groups -OCH3 is 1. The highest BCUT2D eigenvalue weighted by atomic mass is 32.1. The van der Waals surface area contributed by atoms with Crippen molar-refractivity contribution in [2.24, 2.45) is 0 Å². The molecular formula is C14H15N3O2S2. The first-order valence-corrected chi connectivity index (χ1v) is 7.56. The molecule has 1 unspecified atom stereocenters. The lowest BCUT2D eigenvalue weighted by Crippen LogP contribution is -2.44. The lowest BCUT2D eigenvalue weighted by molar-refractivity contribution is -0.142. The number of ether oxygens (including phenoxy) is 1. The van der Waals surface area contributed by atoms with E-state index in [9.17, 15) is 4.79 Å². The van der Waals surface area contributed by atoms with Crippen LogP contribution in [0.1, 0.15) is 5.56 Å². The number of esters is 1. The molecule has 2 aromatic rings. The fourth-order valence-electron chi connectivity index (χ4n) is 1.76. The van der Waals surface area contributed by atoms with Crippen LogP contribution in [0.2, 0.25) is 0 Å². The van der Waals surface area contributed by atoms with Gasteiger partial charge in [0.05, 0.1) is 7.11 Å². The van der Waals surface area contributed by atoms with Crippen LogP contribution in [0.3, 0.4) is 0 Å². The van der Waals surface area contributed by atoms with Gasteiger partial charge in [0.25, 0.3) is 0 Å². The summed E-state index contributed by atoms with van der Waals surface area (Å²) in [7, 11) is 1.36. The van der Waals surface area contributed by atoms with Gasteiger partial charge in [-0.25, -0.2) is 9.78 Å². The molecule has 0 saturated heterocycles. The molecule has 5 nitrogen and oxygen atoms in total. The molecule has 0 aliphatic rings. The fraction of sp³-hybridized carbons (Fsp3) is 0.214. The maximum atomic E-state index is 11.9. The first-order chi connectivity index (χ1) is 10.2. The summed E-state index contributed by atoms with van der Waals surface area (Å²) in [5.41, 5.74) is 1.03. The summed E-state index contributed by atoms with van der Waals surface area (Å²) in [4.78, 5) is 15.9. The summed E-state index contributed by atoms with van der Waals surface area (Å²) in [6.07, 6.45) is 2.17. The minimum atomic E-state index is -0.544. The number of thiazole rings is 1. The SMILES string of the molecule is COC(=O)C(Cc1ccccc1)NC(=S)Nc1nccs1. The van der Waals surface area contributed by atoms with Gasteiger partial charge in [0.2, 0.25) is 0 Å². The molecule has 1 aromatic carbocycles. The van der Waals surface area contributed by atoms with Gasteiger partial charge in [0.15, 0.2) is 10.2 Å². The van der Waals surface area contributed by atoms with Gasteiger partial charge in [-0.15, -0.1) is 11.3 Å². The van der Waals surface area contributed by atoms with E-state index in [4.69, 9.17) is 17.0 Å². The highest BCUT2D eigenvalue weighted by Gasteiger charge is 2.20. The molecule has 2 rings (SSSR count). The molecule has 7 heteroatoms. The molecule has 0 amide bonds. The van der Waals surface area contributed by atoms with Crippen LogP contribution >= 0.6 is 23.6 Å². The van der Waals surface area contributed by atoms with E-state index < -0.39 is 6.04 Å². The van der Waals surface area contributed by atoms with E-state index >= 15 is 0 Å². The van der Waals surface area contributed by atoms with Crippen LogP contribution in [0.15, 0.2) is 41.9 Å². The predicted octanol–water partition coefficient (Wildman–Crippen LogP) is 2.21. The highest BCUT2D eigenvalue weighted by Crippen LogP contribution is 2.10. The lowest BCUT2D eigenvalue weighted by Gasteiger charge is -2.18. The van der Waals surface area contributed by atoms with E-state index in [2.05, 4.69) is 15.6 Å². The third-order valence-electron chi connectivity index (χ3n) is 2.73. The molecule has 1 atom stereocenters. The van der Waals surface area contributed by atoms with Gasteiger partial charge in [0, 0.05) is 18.0 Å². The van der Waals surface area contributed by atoms with E-state index in [1.165, 1.54) is 18.4 Å². The van der Waals surface area contributed by atoms with Crippen LogP contribution in [0, 0.1) is 0 Å². The number of nitrogens with zero attached hydrogens (tertiary/aromatic N) is 1. The van der Waals surface area contributed by atoms with Gasteiger partial charge in [-0.3, -0.25) is 0 Å². The highest BCUT2D eigenvalue weighted by molar-refractivity contribution is 7.80. The summed E-state index contributed by atoms with van der Waals surface area (Å²) in [5.74, 6) is -0.359. The summed E-state index contributed by atoms with van der Waals surface area (Å²) in [6, 6.07) is 9.14. The first-order valence-electron chi connectivity index (χ1n) is 6.28. The molecule has 0 saturated carbocycles. The Balaban J connectivity index is 1.99. The normalized spacial score (nSPS) is 11.5. The van der Waals surface area contributed by atoms with Crippen LogP contribution < -0.4 is 10.6 Å². The van der Waals surface area contributed by atoms with Crippen molar-refractivity contribution in [3.05, 3.63) is 47.5 Å². The number of carbonyl (C=O) groups excluding carboxylic acids is 1. The zero-order valence-electron chi connectivity index (χ0n) is 11.4. The number of hydrogen-bond acceptors (Lipinski definition) is 5. The summed E-state index contributed by atoms with van der Waals surface area (Å²) >= 11 is 6.63. The van der Waals surface area contributed by atoms with Gasteiger partial charge in [-0.05, 0) is 17.8 Å². The van der Waals surface area contributed by atoms with E-state index in [1.54, 1.807) is 6.20 Å². The average molecular weight is 321 g/mol. The van der Waals surface area contributed by atoms with Crippen LogP contribution in [0.4, 0.5) is 5.13 Å². The Bertz CT molecular complexity index is 588. The third kappa shape index (κ3) is 4.80. The van der Waals surface area contributed by atoms with E-state index in [1.807, 2.05) is 35.7 Å². The van der Waals surface area contributed by atoms with Gasteiger partial charge >= 0.3 is 5.97 Å². The average Bonchev–Trinajstić information content (AvgIpc) is 2.99. The number of benzene rings is 1. The number of thiocarbonyl (C=S) groups is 1. The quantitative estimate of drug-likeness (QED) is 0.650. The van der Waals surface area contributed by atoms with Crippen molar-refractivity contribution >= 4 is 39.8 Å². The summed E-state index contributed by atoms with van der Waals surface area (Å²) in [6.45, 7) is 0. The molecular weight excluding hydrogens is 306 g/mol. The Morgan fingerprint density at radius 1 is 1.43 bits per heavy atom. The molecule has 0 aliphatic heterocycles. The molecule has 0 bridgehead atoms. The van der Waals surface area contributed by atoms with Gasteiger partial charge < -0.3 is 15.4 Å². The maximum Gasteiger partial charge on any atom is 0.328 e. The van der Waals surface area contributed by atoms with Crippen LogP contribution in [0.25, 0.3) is 0 Å². The van der Waals surface area contributed by atoms with Crippen molar-refractivity contribution in [3.8, 4) is 0 Å². The Kier molecular flexibility index (Phi) is 5.65. The molecule has 1 heterocycles. The van der Waals surface area contributed by atoms with Crippen LogP contribution in [-0.2, 0) is 16.0 Å². The zero-order chi connectivity index (χ0) is 15.1. The number of nitrogens with one attached hydrogen (secondary N) is 2. The summed E-state index contributed by atoms with van der Waals surface area (Å²) in [5, 5.41) is 8.76. The monoisotopic (exact) mass is 321 g/mol. The zero-order valence-corrected chi connectivity index (χ0v) is 13.0. The number of aromatic nitrogens is 1. The van der Waals surface area contributed by atoms with Crippen molar-refractivity contribution in [1.29, 1.82) is 0 Å². The molecule has 0 fully saturated rings. The number of carbonyl (C=O) groups is 1. The van der Waals surface area contributed by atoms with Crippen LogP contribution in [-0.4, -0.2) is 29.2 Å². The Morgan fingerprint density at radius 3 is 2.81 bits per heavy atom. The smallest absolute Gasteiger partial charge is 0.328 e. The Labute approximate surface area is 132 Å². The Morgan fingerprint density at radius 2 is 2.19 bits per heavy atom. The van der Waals surface area contributed by atoms with Gasteiger partial charge in [-0.1, -0.05) is 30.3 Å². The second kappa shape index (κ2) is 7.70. The predicted molar refractivity (Wildman–Crippen MR) is 87.4 cm³/mol. The van der Waals surface area contributed by atoms with Crippen LogP contribution in [0.5, 0.6) is 0 Å². The minimum absolute atomic E-state index is 0.344. The second-order valence-corrected chi connectivity index (χ2v) is 5.50. The van der Waals surface area contributed by atoms with E-state index in [-0.39, 0.29) is 5.97 Å². The first kappa shape index (κ1) is 15.4. The molecule has 2 N–H and O–H groups in total. The van der Waals surface area contributed by atoms with E-state index in [0.717, 1.165) is 5.56 Å². The van der Waals surface area contributed by atoms with Crippen molar-refractivity contribution < 1.29 is 9.53 Å². The lowest BCUT2D eigenvalue weighted by atomic mass is 10.1. The molecule has 110 valence electrons. The molecule has 0 spiro atoms. The van der Waals surface area contributed by atoms with Gasteiger partial charge in [-0.2, -0.15) is 0 Å². The van der Waals surface area contributed by atoms with Crippen molar-refractivity contribution in [2.75, 3.05) is 12.4 Å². The standard InChI is InChI=1S/C14H15N3O2S2/c1-19-12(18)11(9-10-5-3-2-4-6-10)16-13(20)17-14-15-7-8-21-14/h2-8,11H,9H2,1H3,(H2,15,16,17,20). The summed E-state index contributed by atoms with van der Waals surface area (Å²) < 4.78 is 4.82. The van der Waals surface area contributed by atoms with Crippen molar-refractivity contribution in [3.63, 3.8) is 0 Å². The number of rotatable bonds is 5. The van der Waals surface area contributed by atoms with Gasteiger partial charge in [0.1, 0.15) is 6.04 Å². The fourth-order valence-corrected chi connectivity index (χ4v) is 2.60.